The molecular weight excluding hydrogens is 453 g/mol. The molecule has 178 valence electrons. The maximum absolute atomic E-state index is 13.8. The number of nitrogens with zero attached hydrogens (tertiary/aromatic N) is 3. The number of rotatable bonds is 10. The van der Waals surface area contributed by atoms with E-state index in [4.69, 9.17) is 0 Å². The van der Waals surface area contributed by atoms with E-state index in [1.165, 1.54) is 23.9 Å². The van der Waals surface area contributed by atoms with E-state index < -0.39 is 11.9 Å². The highest BCUT2D eigenvalue weighted by Gasteiger charge is 2.26. The number of halogens is 1. The molecule has 7 nitrogen and oxygen atoms in total. The second-order valence-corrected chi connectivity index (χ2v) is 9.06. The van der Waals surface area contributed by atoms with E-state index in [9.17, 15) is 14.0 Å². The van der Waals surface area contributed by atoms with Crippen molar-refractivity contribution in [3.8, 4) is 0 Å². The maximum atomic E-state index is 13.8. The number of hydrogen-bond donors (Lipinski definition) is 2. The Hall–Kier alpha value is -3.46. The van der Waals surface area contributed by atoms with Crippen LogP contribution in [0.3, 0.4) is 0 Å². The van der Waals surface area contributed by atoms with Gasteiger partial charge in [0.15, 0.2) is 11.0 Å². The van der Waals surface area contributed by atoms with E-state index in [1.807, 2.05) is 43.5 Å². The summed E-state index contributed by atoms with van der Waals surface area (Å²) >= 11 is 1.18. The first kappa shape index (κ1) is 25.2. The van der Waals surface area contributed by atoms with Gasteiger partial charge in [0.25, 0.3) is 5.91 Å². The Balaban J connectivity index is 1.76. The van der Waals surface area contributed by atoms with Crippen LogP contribution in [-0.4, -0.2) is 32.3 Å². The summed E-state index contributed by atoms with van der Waals surface area (Å²) in [7, 11) is 0. The predicted octanol–water partition coefficient (Wildman–Crippen LogP) is 4.77. The van der Waals surface area contributed by atoms with Gasteiger partial charge in [-0.2, -0.15) is 0 Å². The number of carbonyl (C=O) groups is 2. The zero-order valence-electron chi connectivity index (χ0n) is 19.4. The Kier molecular flexibility index (Phi) is 8.59. The molecule has 3 aromatic rings. The van der Waals surface area contributed by atoms with E-state index in [-0.39, 0.29) is 29.2 Å². The number of hydrogen-bond acceptors (Lipinski definition) is 5. The van der Waals surface area contributed by atoms with Gasteiger partial charge < -0.3 is 15.2 Å². The molecule has 0 fully saturated rings. The number of allylic oxidation sites excluding steroid dienone is 1. The molecule has 34 heavy (non-hydrogen) atoms. The minimum Gasteiger partial charge on any atom is -0.342 e. The molecule has 2 aromatic carbocycles. The molecule has 0 saturated carbocycles. The average Bonchev–Trinajstić information content (AvgIpc) is 3.19. The van der Waals surface area contributed by atoms with Crippen LogP contribution in [0, 0.1) is 18.7 Å². The molecule has 0 bridgehead atoms. The lowest BCUT2D eigenvalue weighted by Gasteiger charge is -2.22. The second kappa shape index (κ2) is 11.6. The van der Waals surface area contributed by atoms with Gasteiger partial charge in [-0.3, -0.25) is 9.59 Å². The van der Waals surface area contributed by atoms with Crippen molar-refractivity contribution in [2.75, 3.05) is 11.1 Å². The van der Waals surface area contributed by atoms with Crippen LogP contribution in [-0.2, 0) is 11.3 Å². The number of amides is 2. The van der Waals surface area contributed by atoms with Crippen molar-refractivity contribution < 1.29 is 14.0 Å². The molecule has 0 aliphatic rings. The van der Waals surface area contributed by atoms with Crippen molar-refractivity contribution in [3.63, 3.8) is 0 Å². The van der Waals surface area contributed by atoms with Crippen molar-refractivity contribution >= 4 is 29.3 Å². The van der Waals surface area contributed by atoms with Crippen LogP contribution in [0.15, 0.2) is 66.3 Å². The van der Waals surface area contributed by atoms with E-state index in [1.54, 1.807) is 24.3 Å². The Morgan fingerprint density at radius 3 is 2.62 bits per heavy atom. The zero-order valence-corrected chi connectivity index (χ0v) is 20.2. The number of thioether (sulfide) groups is 1. The Morgan fingerprint density at radius 1 is 1.18 bits per heavy atom. The lowest BCUT2D eigenvalue weighted by atomic mass is 10.0. The molecule has 2 amide bonds. The van der Waals surface area contributed by atoms with Gasteiger partial charge in [0, 0.05) is 12.1 Å². The van der Waals surface area contributed by atoms with Crippen molar-refractivity contribution in [2.45, 2.75) is 38.5 Å². The van der Waals surface area contributed by atoms with Crippen LogP contribution in [0.4, 0.5) is 10.1 Å². The van der Waals surface area contributed by atoms with Gasteiger partial charge >= 0.3 is 0 Å². The third kappa shape index (κ3) is 6.32. The average molecular weight is 482 g/mol. The Labute approximate surface area is 202 Å². The second-order valence-electron chi connectivity index (χ2n) is 8.12. The first-order valence-electron chi connectivity index (χ1n) is 10.9. The standard InChI is InChI=1S/C25H28FN5O2S/c1-5-13-31-23(22(16(2)3)28-24(33)18-10-8-9-17(4)14-18)29-30-25(31)34-15-21(32)27-20-12-7-6-11-19(20)26/h5-12,14,16,22H,1,13,15H2,2-4H3,(H,27,32)(H,28,33)/t22-/m0/s1. The summed E-state index contributed by atoms with van der Waals surface area (Å²) < 4.78 is 15.6. The number of benzene rings is 2. The molecule has 0 spiro atoms. The minimum atomic E-state index is -0.498. The van der Waals surface area contributed by atoms with Crippen molar-refractivity contribution in [1.82, 2.24) is 20.1 Å². The van der Waals surface area contributed by atoms with Gasteiger partial charge in [0.2, 0.25) is 5.91 Å². The number of aryl methyl sites for hydroxylation is 1. The van der Waals surface area contributed by atoms with E-state index in [2.05, 4.69) is 27.4 Å². The molecule has 3 rings (SSSR count). The molecule has 0 saturated heterocycles. The maximum Gasteiger partial charge on any atom is 0.251 e. The normalized spacial score (nSPS) is 11.8. The minimum absolute atomic E-state index is 0.0195. The first-order chi connectivity index (χ1) is 16.3. The highest BCUT2D eigenvalue weighted by atomic mass is 32.2. The molecule has 0 aliphatic carbocycles. The molecule has 1 aromatic heterocycles. The van der Waals surface area contributed by atoms with E-state index in [0.29, 0.717) is 23.1 Å². The molecule has 0 radical (unpaired) electrons. The number of nitrogens with one attached hydrogen (secondary N) is 2. The highest BCUT2D eigenvalue weighted by Crippen LogP contribution is 2.26. The summed E-state index contributed by atoms with van der Waals surface area (Å²) in [4.78, 5) is 25.3. The molecular formula is C25H28FN5O2S. The van der Waals surface area contributed by atoms with Gasteiger partial charge in [-0.25, -0.2) is 4.39 Å². The Bertz CT molecular complexity index is 1180. The fourth-order valence-corrected chi connectivity index (χ4v) is 4.11. The molecule has 1 atom stereocenters. The summed E-state index contributed by atoms with van der Waals surface area (Å²) in [6.45, 7) is 10.1. The number of aromatic nitrogens is 3. The summed E-state index contributed by atoms with van der Waals surface area (Å²) in [5, 5.41) is 14.7. The number of carbonyl (C=O) groups excluding carboxylic acids is 2. The van der Waals surface area contributed by atoms with Gasteiger partial charge in [-0.1, -0.05) is 61.5 Å². The first-order valence-corrected chi connectivity index (χ1v) is 11.9. The highest BCUT2D eigenvalue weighted by molar-refractivity contribution is 7.99. The monoisotopic (exact) mass is 481 g/mol. The SMILES string of the molecule is C=CCn1c(SCC(=O)Nc2ccccc2F)nnc1[C@@H](NC(=O)c1cccc(C)c1)C(C)C. The topological polar surface area (TPSA) is 88.9 Å². The van der Waals surface area contributed by atoms with Crippen LogP contribution >= 0.6 is 11.8 Å². The van der Waals surface area contributed by atoms with Crippen molar-refractivity contribution in [3.05, 3.63) is 84.0 Å². The quantitative estimate of drug-likeness (QED) is 0.322. The lowest BCUT2D eigenvalue weighted by Crippen LogP contribution is -2.34. The van der Waals surface area contributed by atoms with Gasteiger partial charge in [0.05, 0.1) is 17.5 Å². The molecule has 0 aliphatic heterocycles. The largest absolute Gasteiger partial charge is 0.342 e. The van der Waals surface area contributed by atoms with Gasteiger partial charge in [-0.05, 0) is 37.1 Å². The number of para-hydroxylation sites is 1. The molecule has 9 heteroatoms. The number of anilines is 1. The fraction of sp³-hybridized carbons (Fsp3) is 0.280. The molecule has 1 heterocycles. The van der Waals surface area contributed by atoms with Gasteiger partial charge in [0.1, 0.15) is 5.82 Å². The van der Waals surface area contributed by atoms with Crippen LogP contribution in [0.2, 0.25) is 0 Å². The lowest BCUT2D eigenvalue weighted by molar-refractivity contribution is -0.113. The van der Waals surface area contributed by atoms with Crippen molar-refractivity contribution in [1.29, 1.82) is 0 Å². The summed E-state index contributed by atoms with van der Waals surface area (Å²) in [5.74, 6) is -0.434. The molecule has 0 unspecified atom stereocenters. The van der Waals surface area contributed by atoms with Crippen LogP contribution in [0.25, 0.3) is 0 Å². The van der Waals surface area contributed by atoms with Gasteiger partial charge in [-0.15, -0.1) is 16.8 Å². The summed E-state index contributed by atoms with van der Waals surface area (Å²) in [5.41, 5.74) is 1.69. The summed E-state index contributed by atoms with van der Waals surface area (Å²) in [6.07, 6.45) is 1.70. The van der Waals surface area contributed by atoms with Crippen LogP contribution < -0.4 is 10.6 Å². The fourth-order valence-electron chi connectivity index (χ4n) is 3.36. The van der Waals surface area contributed by atoms with E-state index in [0.717, 1.165) is 5.56 Å². The smallest absolute Gasteiger partial charge is 0.251 e. The summed E-state index contributed by atoms with van der Waals surface area (Å²) in [6, 6.07) is 13.0. The van der Waals surface area contributed by atoms with Crippen LogP contribution in [0.5, 0.6) is 0 Å². The third-order valence-corrected chi connectivity index (χ3v) is 6.02. The third-order valence-electron chi connectivity index (χ3n) is 5.05. The Morgan fingerprint density at radius 2 is 1.94 bits per heavy atom. The molecule has 2 N–H and O–H groups in total. The van der Waals surface area contributed by atoms with E-state index >= 15 is 0 Å². The van der Waals surface area contributed by atoms with Crippen LogP contribution in [0.1, 0.15) is 41.6 Å². The predicted molar refractivity (Wildman–Crippen MR) is 132 cm³/mol. The van der Waals surface area contributed by atoms with Crippen molar-refractivity contribution in [2.24, 2.45) is 5.92 Å². The zero-order chi connectivity index (χ0) is 24.7.